The molecule has 0 atom stereocenters. The van der Waals surface area contributed by atoms with Crippen molar-refractivity contribution in [1.29, 1.82) is 0 Å². The zero-order valence-corrected chi connectivity index (χ0v) is 31.3. The molecule has 6 heteroatoms. The average Bonchev–Trinajstić information content (AvgIpc) is 3.04. The lowest BCUT2D eigenvalue weighted by Crippen LogP contribution is -2.39. The highest BCUT2D eigenvalue weighted by molar-refractivity contribution is 6.01. The number of anilines is 2. The summed E-state index contributed by atoms with van der Waals surface area (Å²) in [5, 5.41) is 9.58. The SMILES string of the molecule is CCC(C)(C)[C@H]1CC[C@@H](C(=O)Nc2cc(NC(=O)[C@H]3CC[C@@H](C(C)(C)CC)CC3)cc(C(=O)N[C@H]3CC[C@@H](C(C)(C)C)CC3)c2)CC1. The van der Waals surface area contributed by atoms with Crippen LogP contribution in [0.5, 0.6) is 0 Å². The van der Waals surface area contributed by atoms with E-state index >= 15 is 0 Å². The number of nitrogens with one attached hydrogen (secondary N) is 3. The second-order valence-corrected chi connectivity index (χ2v) is 17.9. The van der Waals surface area contributed by atoms with E-state index in [9.17, 15) is 14.4 Å². The number of hydrogen-bond acceptors (Lipinski definition) is 3. The standard InChI is InChI=1S/C41H67N3O3/c1-10-40(6,7)31-16-12-27(13-17-31)36(45)43-34-24-29(38(47)42-33-22-20-30(21-23-33)39(3,4)5)25-35(26-34)44-37(46)28-14-18-32(19-15-28)41(8,9)11-2/h24-28,30-33H,10-23H2,1-9H3,(H,42,47)(H,43,45)(H,44,46)/t27-,28-,30-,31+,32+,33+. The molecule has 3 fully saturated rings. The fourth-order valence-corrected chi connectivity index (χ4v) is 8.62. The van der Waals surface area contributed by atoms with Gasteiger partial charge in [0.25, 0.3) is 5.91 Å². The molecule has 0 aliphatic heterocycles. The van der Waals surface area contributed by atoms with Gasteiger partial charge in [-0.25, -0.2) is 0 Å². The van der Waals surface area contributed by atoms with Crippen LogP contribution in [0.1, 0.15) is 163 Å². The first-order chi connectivity index (χ1) is 22.0. The molecule has 0 radical (unpaired) electrons. The van der Waals surface area contributed by atoms with Crippen LogP contribution in [0.25, 0.3) is 0 Å². The topological polar surface area (TPSA) is 87.3 Å². The Labute approximate surface area is 286 Å². The minimum absolute atomic E-state index is 0.0185. The Kier molecular flexibility index (Phi) is 12.3. The molecule has 4 rings (SSSR count). The Hall–Kier alpha value is -2.37. The van der Waals surface area contributed by atoms with Gasteiger partial charge in [-0.3, -0.25) is 14.4 Å². The van der Waals surface area contributed by atoms with E-state index in [2.05, 4.69) is 78.3 Å². The Bertz CT molecular complexity index is 1150. The Morgan fingerprint density at radius 2 is 0.957 bits per heavy atom. The summed E-state index contributed by atoms with van der Waals surface area (Å²) in [5.41, 5.74) is 2.53. The minimum atomic E-state index is -0.139. The summed E-state index contributed by atoms with van der Waals surface area (Å²) >= 11 is 0. The van der Waals surface area contributed by atoms with Gasteiger partial charge >= 0.3 is 0 Å². The van der Waals surface area contributed by atoms with Gasteiger partial charge in [0.1, 0.15) is 0 Å². The summed E-state index contributed by atoms with van der Waals surface area (Å²) in [5.74, 6) is 1.79. The molecule has 3 saturated carbocycles. The van der Waals surface area contributed by atoms with Crippen LogP contribution in [0.15, 0.2) is 18.2 Å². The van der Waals surface area contributed by atoms with E-state index in [1.54, 1.807) is 12.1 Å². The molecular weight excluding hydrogens is 582 g/mol. The van der Waals surface area contributed by atoms with Crippen molar-refractivity contribution in [3.63, 3.8) is 0 Å². The summed E-state index contributed by atoms with van der Waals surface area (Å²) in [4.78, 5) is 40.7. The molecule has 1 aromatic carbocycles. The van der Waals surface area contributed by atoms with Gasteiger partial charge in [0.15, 0.2) is 0 Å². The first kappa shape index (κ1) is 37.4. The molecule has 0 unspecified atom stereocenters. The van der Waals surface area contributed by atoms with Crippen molar-refractivity contribution >= 4 is 29.1 Å². The first-order valence-corrected chi connectivity index (χ1v) is 19.1. The molecule has 0 aromatic heterocycles. The van der Waals surface area contributed by atoms with Crippen LogP contribution < -0.4 is 16.0 Å². The average molecular weight is 650 g/mol. The van der Waals surface area contributed by atoms with Crippen molar-refractivity contribution in [3.8, 4) is 0 Å². The first-order valence-electron chi connectivity index (χ1n) is 19.1. The molecule has 1 aromatic rings. The van der Waals surface area contributed by atoms with E-state index < -0.39 is 0 Å². The van der Waals surface area contributed by atoms with E-state index in [0.717, 1.165) is 89.9 Å². The molecule has 47 heavy (non-hydrogen) atoms. The Morgan fingerprint density at radius 3 is 1.32 bits per heavy atom. The largest absolute Gasteiger partial charge is 0.349 e. The van der Waals surface area contributed by atoms with Crippen molar-refractivity contribution < 1.29 is 14.4 Å². The second kappa shape index (κ2) is 15.5. The molecule has 3 amide bonds. The van der Waals surface area contributed by atoms with Crippen molar-refractivity contribution in [3.05, 3.63) is 23.8 Å². The fourth-order valence-electron chi connectivity index (χ4n) is 8.62. The lowest BCUT2D eigenvalue weighted by Gasteiger charge is -2.38. The molecule has 6 nitrogen and oxygen atoms in total. The van der Waals surface area contributed by atoms with Crippen LogP contribution in [0.4, 0.5) is 11.4 Å². The van der Waals surface area contributed by atoms with Gasteiger partial charge in [-0.1, -0.05) is 75.2 Å². The van der Waals surface area contributed by atoms with E-state index in [0.29, 0.717) is 45.5 Å². The third-order valence-corrected chi connectivity index (χ3v) is 13.2. The lowest BCUT2D eigenvalue weighted by atomic mass is 9.67. The molecule has 0 bridgehead atoms. The summed E-state index contributed by atoms with van der Waals surface area (Å²) < 4.78 is 0. The normalized spacial score (nSPS) is 27.5. The van der Waals surface area contributed by atoms with Crippen LogP contribution >= 0.6 is 0 Å². The number of carbonyl (C=O) groups is 3. The van der Waals surface area contributed by atoms with Gasteiger partial charge in [-0.05, 0) is 129 Å². The molecule has 3 aliphatic rings. The molecule has 0 spiro atoms. The molecule has 0 heterocycles. The fraction of sp³-hybridized carbons (Fsp3) is 0.780. The zero-order valence-electron chi connectivity index (χ0n) is 31.3. The molecule has 3 aliphatic carbocycles. The third-order valence-electron chi connectivity index (χ3n) is 13.2. The van der Waals surface area contributed by atoms with E-state index in [1.165, 1.54) is 0 Å². The van der Waals surface area contributed by atoms with Crippen LogP contribution in [0.3, 0.4) is 0 Å². The highest BCUT2D eigenvalue weighted by atomic mass is 16.2. The molecule has 3 N–H and O–H groups in total. The highest BCUT2D eigenvalue weighted by Crippen LogP contribution is 2.44. The van der Waals surface area contributed by atoms with Crippen LogP contribution in [-0.4, -0.2) is 23.8 Å². The number of hydrogen-bond donors (Lipinski definition) is 3. The maximum Gasteiger partial charge on any atom is 0.251 e. The predicted molar refractivity (Wildman–Crippen MR) is 195 cm³/mol. The van der Waals surface area contributed by atoms with E-state index in [1.807, 2.05) is 6.07 Å². The zero-order chi connectivity index (χ0) is 34.6. The number of carbonyl (C=O) groups excluding carboxylic acids is 3. The van der Waals surface area contributed by atoms with E-state index in [-0.39, 0.29) is 41.0 Å². The van der Waals surface area contributed by atoms with Crippen molar-refractivity contribution in [2.75, 3.05) is 10.6 Å². The number of amides is 3. The Morgan fingerprint density at radius 1 is 0.574 bits per heavy atom. The van der Waals surface area contributed by atoms with Crippen molar-refractivity contribution in [1.82, 2.24) is 5.32 Å². The van der Waals surface area contributed by atoms with E-state index in [4.69, 9.17) is 0 Å². The third kappa shape index (κ3) is 9.85. The smallest absolute Gasteiger partial charge is 0.251 e. The van der Waals surface area contributed by atoms with Gasteiger partial charge in [-0.15, -0.1) is 0 Å². The summed E-state index contributed by atoms with van der Waals surface area (Å²) in [7, 11) is 0. The summed E-state index contributed by atoms with van der Waals surface area (Å²) in [6.07, 6.45) is 14.3. The van der Waals surface area contributed by atoms with Crippen molar-refractivity contribution in [2.45, 2.75) is 158 Å². The lowest BCUT2D eigenvalue weighted by molar-refractivity contribution is -0.122. The van der Waals surface area contributed by atoms with Gasteiger partial charge in [0.05, 0.1) is 0 Å². The molecule has 264 valence electrons. The van der Waals surface area contributed by atoms with Crippen LogP contribution in [-0.2, 0) is 9.59 Å². The van der Waals surface area contributed by atoms with Gasteiger partial charge in [0.2, 0.25) is 11.8 Å². The van der Waals surface area contributed by atoms with Gasteiger partial charge < -0.3 is 16.0 Å². The van der Waals surface area contributed by atoms with Crippen molar-refractivity contribution in [2.24, 2.45) is 45.8 Å². The maximum absolute atomic E-state index is 13.7. The number of rotatable bonds is 10. The van der Waals surface area contributed by atoms with Crippen LogP contribution in [0.2, 0.25) is 0 Å². The number of benzene rings is 1. The second-order valence-electron chi connectivity index (χ2n) is 17.9. The summed E-state index contributed by atoms with van der Waals surface area (Å²) in [6, 6.07) is 5.54. The Balaban J connectivity index is 1.45. The minimum Gasteiger partial charge on any atom is -0.349 e. The summed E-state index contributed by atoms with van der Waals surface area (Å²) in [6.45, 7) is 20.8. The monoisotopic (exact) mass is 650 g/mol. The maximum atomic E-state index is 13.7. The molecule has 0 saturated heterocycles. The molecular formula is C41H67N3O3. The quantitative estimate of drug-likeness (QED) is 0.236. The highest BCUT2D eigenvalue weighted by Gasteiger charge is 2.36. The predicted octanol–water partition coefficient (Wildman–Crippen LogP) is 10.4. The van der Waals surface area contributed by atoms with Crippen LogP contribution in [0, 0.1) is 45.8 Å². The van der Waals surface area contributed by atoms with Gasteiger partial charge in [0, 0.05) is 34.8 Å². The van der Waals surface area contributed by atoms with Gasteiger partial charge in [-0.2, -0.15) is 0 Å².